The van der Waals surface area contributed by atoms with E-state index in [1.807, 2.05) is 31.1 Å². The minimum Gasteiger partial charge on any atom is -0.452 e. The minimum absolute atomic E-state index is 0.0187. The molecule has 27 heavy (non-hydrogen) atoms. The Kier molecular flexibility index (Phi) is 6.32. The molecule has 0 saturated carbocycles. The molecule has 0 bridgehead atoms. The van der Waals surface area contributed by atoms with Gasteiger partial charge in [-0.3, -0.25) is 14.9 Å². The summed E-state index contributed by atoms with van der Waals surface area (Å²) in [6, 6.07) is 10.9. The molecule has 0 aliphatic carbocycles. The van der Waals surface area contributed by atoms with E-state index < -0.39 is 23.4 Å². The zero-order valence-electron chi connectivity index (χ0n) is 15.2. The van der Waals surface area contributed by atoms with Crippen LogP contribution in [0, 0.1) is 10.1 Å². The summed E-state index contributed by atoms with van der Waals surface area (Å²) in [5, 5.41) is 16.2. The lowest BCUT2D eigenvalue weighted by Gasteiger charge is -2.13. The highest BCUT2D eigenvalue weighted by molar-refractivity contribution is 5.99. The fraction of sp³-hybridized carbons (Fsp3) is 0.222. The molecule has 0 radical (unpaired) electrons. The van der Waals surface area contributed by atoms with Crippen LogP contribution in [0.5, 0.6) is 0 Å². The van der Waals surface area contributed by atoms with Gasteiger partial charge in [-0.2, -0.15) is 0 Å². The lowest BCUT2D eigenvalue weighted by atomic mass is 10.1. The summed E-state index contributed by atoms with van der Waals surface area (Å²) >= 11 is 0. The van der Waals surface area contributed by atoms with Gasteiger partial charge in [0.1, 0.15) is 0 Å². The second-order valence-corrected chi connectivity index (χ2v) is 5.80. The Morgan fingerprint density at radius 1 is 1.15 bits per heavy atom. The Hall–Kier alpha value is -3.62. The van der Waals surface area contributed by atoms with E-state index in [0.717, 1.165) is 11.8 Å². The number of carbonyl (C=O) groups excluding carboxylic acids is 2. The number of nitrogens with one attached hydrogen (secondary N) is 2. The van der Waals surface area contributed by atoms with Crippen LogP contribution in [0.15, 0.2) is 42.5 Å². The number of ether oxygens (including phenoxy) is 1. The van der Waals surface area contributed by atoms with Gasteiger partial charge in [-0.15, -0.1) is 0 Å². The first kappa shape index (κ1) is 19.7. The van der Waals surface area contributed by atoms with Crippen LogP contribution in [0.25, 0.3) is 0 Å². The average Bonchev–Trinajstić information content (AvgIpc) is 2.65. The second kappa shape index (κ2) is 8.65. The van der Waals surface area contributed by atoms with E-state index in [4.69, 9.17) is 4.74 Å². The van der Waals surface area contributed by atoms with E-state index >= 15 is 0 Å². The van der Waals surface area contributed by atoms with Crippen molar-refractivity contribution >= 4 is 34.6 Å². The van der Waals surface area contributed by atoms with Crippen LogP contribution in [0.2, 0.25) is 0 Å². The molecule has 9 nitrogen and oxygen atoms in total. The van der Waals surface area contributed by atoms with Gasteiger partial charge >= 0.3 is 5.97 Å². The van der Waals surface area contributed by atoms with Crippen LogP contribution in [0.4, 0.5) is 22.7 Å². The minimum atomic E-state index is -0.832. The molecule has 0 saturated heterocycles. The molecule has 2 aromatic rings. The van der Waals surface area contributed by atoms with Crippen molar-refractivity contribution in [2.75, 3.05) is 43.3 Å². The van der Waals surface area contributed by atoms with E-state index in [-0.39, 0.29) is 11.3 Å². The summed E-state index contributed by atoms with van der Waals surface area (Å²) in [5.74, 6) is -1.35. The maximum Gasteiger partial charge on any atom is 0.341 e. The Bertz CT molecular complexity index is 849. The number of benzene rings is 2. The number of nitro benzene ring substituents is 1. The zero-order valence-corrected chi connectivity index (χ0v) is 15.2. The van der Waals surface area contributed by atoms with Crippen molar-refractivity contribution in [1.29, 1.82) is 0 Å². The van der Waals surface area contributed by atoms with Gasteiger partial charge in [-0.25, -0.2) is 4.79 Å². The number of nitro groups is 1. The summed E-state index contributed by atoms with van der Waals surface area (Å²) in [6.45, 7) is -0.514. The monoisotopic (exact) mass is 372 g/mol. The largest absolute Gasteiger partial charge is 0.452 e. The van der Waals surface area contributed by atoms with Gasteiger partial charge in [0.25, 0.3) is 11.6 Å². The zero-order chi connectivity index (χ0) is 20.0. The Balaban J connectivity index is 1.99. The number of carbonyl (C=O) groups is 2. The van der Waals surface area contributed by atoms with Gasteiger partial charge in [-0.05, 0) is 30.3 Å². The first-order chi connectivity index (χ1) is 12.8. The van der Waals surface area contributed by atoms with Crippen LogP contribution in [-0.2, 0) is 9.53 Å². The summed E-state index contributed by atoms with van der Waals surface area (Å²) in [7, 11) is 5.38. The van der Waals surface area contributed by atoms with Crippen molar-refractivity contribution in [2.24, 2.45) is 0 Å². The molecule has 0 atom stereocenters. The molecule has 142 valence electrons. The number of anilines is 3. The third kappa shape index (κ3) is 5.18. The van der Waals surface area contributed by atoms with Crippen LogP contribution < -0.4 is 15.5 Å². The first-order valence-corrected chi connectivity index (χ1v) is 8.02. The predicted molar refractivity (Wildman–Crippen MR) is 102 cm³/mol. The van der Waals surface area contributed by atoms with E-state index in [0.29, 0.717) is 11.4 Å². The highest BCUT2D eigenvalue weighted by atomic mass is 16.6. The molecule has 2 rings (SSSR count). The van der Waals surface area contributed by atoms with Crippen LogP contribution in [0.3, 0.4) is 0 Å². The molecule has 0 spiro atoms. The molecular weight excluding hydrogens is 352 g/mol. The molecule has 0 aliphatic heterocycles. The van der Waals surface area contributed by atoms with Gasteiger partial charge in [0.15, 0.2) is 6.61 Å². The smallest absolute Gasteiger partial charge is 0.341 e. The molecule has 0 aliphatic rings. The molecule has 0 aromatic heterocycles. The number of hydrogen-bond donors (Lipinski definition) is 2. The number of esters is 1. The van der Waals surface area contributed by atoms with Gasteiger partial charge in [-0.1, -0.05) is 0 Å². The third-order valence-corrected chi connectivity index (χ3v) is 3.71. The quantitative estimate of drug-likeness (QED) is 0.436. The molecule has 2 aromatic carbocycles. The topological polar surface area (TPSA) is 114 Å². The third-order valence-electron chi connectivity index (χ3n) is 3.71. The summed E-state index contributed by atoms with van der Waals surface area (Å²) < 4.78 is 4.98. The van der Waals surface area contributed by atoms with E-state index in [9.17, 15) is 19.7 Å². The number of nitrogens with zero attached hydrogens (tertiary/aromatic N) is 2. The molecular formula is C18H20N4O5. The van der Waals surface area contributed by atoms with Gasteiger partial charge in [0.05, 0.1) is 10.5 Å². The van der Waals surface area contributed by atoms with Gasteiger partial charge < -0.3 is 20.3 Å². The fourth-order valence-corrected chi connectivity index (χ4v) is 2.28. The summed E-state index contributed by atoms with van der Waals surface area (Å²) in [4.78, 5) is 36.4. The number of non-ortho nitro benzene ring substituents is 1. The number of hydrogen-bond acceptors (Lipinski definition) is 7. The first-order valence-electron chi connectivity index (χ1n) is 8.02. The van der Waals surface area contributed by atoms with Gasteiger partial charge in [0.2, 0.25) is 0 Å². The predicted octanol–water partition coefficient (Wildman–Crippen LogP) is 2.50. The molecule has 0 unspecified atom stereocenters. The Morgan fingerprint density at radius 2 is 1.81 bits per heavy atom. The molecule has 1 amide bonds. The van der Waals surface area contributed by atoms with Crippen molar-refractivity contribution in [2.45, 2.75) is 0 Å². The molecule has 9 heteroatoms. The van der Waals surface area contributed by atoms with Crippen molar-refractivity contribution < 1.29 is 19.2 Å². The molecule has 0 fully saturated rings. The summed E-state index contributed by atoms with van der Waals surface area (Å²) in [6.07, 6.45) is 0. The summed E-state index contributed by atoms with van der Waals surface area (Å²) in [5.41, 5.74) is 1.64. The fourth-order valence-electron chi connectivity index (χ4n) is 2.28. The van der Waals surface area contributed by atoms with Crippen molar-refractivity contribution in [3.05, 3.63) is 58.1 Å². The van der Waals surface area contributed by atoms with Crippen molar-refractivity contribution in [3.8, 4) is 0 Å². The SMILES string of the molecule is CNc1ccc([N+](=O)[O-])cc1C(=O)OCC(=O)Nc1ccc(N(C)C)cc1. The van der Waals surface area contributed by atoms with E-state index in [2.05, 4.69) is 10.6 Å². The van der Waals surface area contributed by atoms with E-state index in [1.165, 1.54) is 12.1 Å². The molecule has 0 heterocycles. The standard InChI is InChI=1S/C18H20N4O5/c1-19-16-9-8-14(22(25)26)10-15(16)18(24)27-11-17(23)20-12-4-6-13(7-5-12)21(2)3/h4-10,19H,11H2,1-3H3,(H,20,23). The van der Waals surface area contributed by atoms with Crippen LogP contribution in [-0.4, -0.2) is 44.5 Å². The average molecular weight is 372 g/mol. The molecule has 2 N–H and O–H groups in total. The van der Waals surface area contributed by atoms with E-state index in [1.54, 1.807) is 19.2 Å². The normalized spacial score (nSPS) is 10.0. The maximum absolute atomic E-state index is 12.2. The maximum atomic E-state index is 12.2. The number of rotatable bonds is 7. The highest BCUT2D eigenvalue weighted by Crippen LogP contribution is 2.22. The lowest BCUT2D eigenvalue weighted by Crippen LogP contribution is -2.21. The van der Waals surface area contributed by atoms with Crippen LogP contribution in [0.1, 0.15) is 10.4 Å². The van der Waals surface area contributed by atoms with Crippen LogP contribution >= 0.6 is 0 Å². The van der Waals surface area contributed by atoms with Crippen molar-refractivity contribution in [1.82, 2.24) is 0 Å². The Morgan fingerprint density at radius 3 is 2.37 bits per heavy atom. The van der Waals surface area contributed by atoms with Crippen molar-refractivity contribution in [3.63, 3.8) is 0 Å². The van der Waals surface area contributed by atoms with Gasteiger partial charge in [0, 0.05) is 50.3 Å². The highest BCUT2D eigenvalue weighted by Gasteiger charge is 2.18. The second-order valence-electron chi connectivity index (χ2n) is 5.80. The Labute approximate surface area is 156 Å². The number of amides is 1. The lowest BCUT2D eigenvalue weighted by molar-refractivity contribution is -0.384.